The molecule has 2 rings (SSSR count). The van der Waals surface area contributed by atoms with Crippen LogP contribution in [0.5, 0.6) is 11.5 Å². The van der Waals surface area contributed by atoms with E-state index >= 15 is 0 Å². The van der Waals surface area contributed by atoms with Crippen molar-refractivity contribution >= 4 is 40.0 Å². The van der Waals surface area contributed by atoms with Crippen LogP contribution >= 0.6 is 24.0 Å². The maximum atomic E-state index is 12.5. The van der Waals surface area contributed by atoms with Gasteiger partial charge < -0.3 is 20.1 Å². The summed E-state index contributed by atoms with van der Waals surface area (Å²) in [6.45, 7) is 0.978. The smallest absolute Gasteiger partial charge is 0.242 e. The molecule has 2 aromatic rings. The number of hydrogen-bond acceptors (Lipinski definition) is 5. The van der Waals surface area contributed by atoms with Gasteiger partial charge in [-0.3, -0.25) is 4.99 Å². The van der Waals surface area contributed by atoms with E-state index in [0.717, 1.165) is 12.0 Å². The van der Waals surface area contributed by atoms with Crippen LogP contribution in [0.25, 0.3) is 0 Å². The zero-order valence-electron chi connectivity index (χ0n) is 18.5. The monoisotopic (exact) mass is 562 g/mol. The highest BCUT2D eigenvalue weighted by Crippen LogP contribution is 2.27. The Labute approximate surface area is 202 Å². The van der Waals surface area contributed by atoms with Crippen LogP contribution in [0, 0.1) is 0 Å². The summed E-state index contributed by atoms with van der Waals surface area (Å²) in [5.41, 5.74) is 1.77. The van der Waals surface area contributed by atoms with Crippen LogP contribution in [0.1, 0.15) is 11.1 Å². The maximum Gasteiger partial charge on any atom is 0.242 e. The van der Waals surface area contributed by atoms with Crippen molar-refractivity contribution in [2.75, 3.05) is 41.9 Å². The highest BCUT2D eigenvalue weighted by molar-refractivity contribution is 14.0. The molecule has 0 aliphatic carbocycles. The summed E-state index contributed by atoms with van der Waals surface area (Å²) in [6.07, 6.45) is 0.757. The maximum absolute atomic E-state index is 12.5. The fourth-order valence-electron chi connectivity index (χ4n) is 2.86. The second kappa shape index (κ2) is 12.7. The van der Waals surface area contributed by atoms with Crippen LogP contribution in [0.3, 0.4) is 0 Å². The van der Waals surface area contributed by atoms with Crippen molar-refractivity contribution in [3.63, 3.8) is 0 Å². The molecule has 0 unspecified atom stereocenters. The number of halogens is 1. The summed E-state index contributed by atoms with van der Waals surface area (Å²) < 4.78 is 36.9. The minimum absolute atomic E-state index is 0. The summed E-state index contributed by atoms with van der Waals surface area (Å²) >= 11 is 0. The van der Waals surface area contributed by atoms with Gasteiger partial charge in [-0.25, -0.2) is 12.7 Å². The molecule has 0 amide bonds. The topological polar surface area (TPSA) is 92.3 Å². The van der Waals surface area contributed by atoms with Crippen LogP contribution < -0.4 is 20.1 Å². The Morgan fingerprint density at radius 2 is 1.71 bits per heavy atom. The molecule has 8 nitrogen and oxygen atoms in total. The fourth-order valence-corrected chi connectivity index (χ4v) is 3.97. The molecule has 10 heteroatoms. The Bertz CT molecular complexity index is 981. The molecule has 0 atom stereocenters. The molecule has 0 bridgehead atoms. The summed E-state index contributed by atoms with van der Waals surface area (Å²) in [7, 11) is 4.42. The Balaban J connectivity index is 0.00000480. The quantitative estimate of drug-likeness (QED) is 0.277. The first kappa shape index (κ1) is 27.0. The number of nitrogens with zero attached hydrogens (tertiary/aromatic N) is 2. The van der Waals surface area contributed by atoms with E-state index in [2.05, 4.69) is 15.6 Å². The van der Waals surface area contributed by atoms with Crippen LogP contribution in [0.4, 0.5) is 0 Å². The van der Waals surface area contributed by atoms with E-state index in [9.17, 15) is 8.42 Å². The minimum atomic E-state index is -3.52. The van der Waals surface area contributed by atoms with Crippen LogP contribution in [-0.2, 0) is 23.0 Å². The van der Waals surface area contributed by atoms with E-state index in [1.807, 2.05) is 24.3 Å². The van der Waals surface area contributed by atoms with Gasteiger partial charge in [-0.05, 0) is 35.7 Å². The van der Waals surface area contributed by atoms with Crippen LogP contribution in [0.2, 0.25) is 0 Å². The lowest BCUT2D eigenvalue weighted by molar-refractivity contribution is 0.354. The second-order valence-corrected chi connectivity index (χ2v) is 8.81. The molecule has 2 aromatic carbocycles. The number of guanidine groups is 1. The predicted molar refractivity (Wildman–Crippen MR) is 134 cm³/mol. The average Bonchev–Trinajstić information content (AvgIpc) is 2.75. The number of methoxy groups -OCH3 is 2. The van der Waals surface area contributed by atoms with Crippen LogP contribution in [-0.4, -0.2) is 60.6 Å². The van der Waals surface area contributed by atoms with Gasteiger partial charge in [-0.1, -0.05) is 24.3 Å². The van der Waals surface area contributed by atoms with Gasteiger partial charge in [0.1, 0.15) is 0 Å². The van der Waals surface area contributed by atoms with Crippen molar-refractivity contribution in [2.24, 2.45) is 4.99 Å². The largest absolute Gasteiger partial charge is 0.493 e. The van der Waals surface area contributed by atoms with Gasteiger partial charge in [0.2, 0.25) is 10.0 Å². The fraction of sp³-hybridized carbons (Fsp3) is 0.381. The van der Waals surface area contributed by atoms with Gasteiger partial charge in [-0.15, -0.1) is 24.0 Å². The van der Waals surface area contributed by atoms with Crippen LogP contribution in [0.15, 0.2) is 52.4 Å². The molecule has 0 fully saturated rings. The molecule has 31 heavy (non-hydrogen) atoms. The molecule has 0 heterocycles. The van der Waals surface area contributed by atoms with Gasteiger partial charge in [0.25, 0.3) is 0 Å². The first-order valence-corrected chi connectivity index (χ1v) is 10.9. The first-order chi connectivity index (χ1) is 14.3. The third kappa shape index (κ3) is 7.25. The molecular weight excluding hydrogens is 531 g/mol. The van der Waals surface area contributed by atoms with Crippen molar-refractivity contribution < 1.29 is 17.9 Å². The lowest BCUT2D eigenvalue weighted by atomic mass is 10.1. The van der Waals surface area contributed by atoms with E-state index in [-0.39, 0.29) is 28.9 Å². The standard InChI is InChI=1S/C21H30N4O4S.HI/c1-22-21(23-13-12-16-10-11-18(28-4)19(14-16)29-5)24-15-17-8-6-7-9-20(17)30(26,27)25(2)3;/h6-11,14H,12-13,15H2,1-5H3,(H2,22,23,24);1H. The molecule has 0 saturated heterocycles. The number of hydrogen-bond donors (Lipinski definition) is 2. The molecule has 172 valence electrons. The molecular formula is C21H31IN4O4S. The number of rotatable bonds is 9. The Morgan fingerprint density at radius 1 is 1.03 bits per heavy atom. The summed E-state index contributed by atoms with van der Waals surface area (Å²) in [5, 5.41) is 6.42. The summed E-state index contributed by atoms with van der Waals surface area (Å²) in [6, 6.07) is 12.7. The molecule has 0 radical (unpaired) electrons. The number of benzene rings is 2. The number of ether oxygens (including phenoxy) is 2. The predicted octanol–water partition coefficient (Wildman–Crippen LogP) is 2.48. The van der Waals surface area contributed by atoms with E-state index in [1.54, 1.807) is 39.5 Å². The SMILES string of the molecule is CN=C(NCCc1ccc(OC)c(OC)c1)NCc1ccccc1S(=O)(=O)N(C)C.I. The van der Waals surface area contributed by atoms with Gasteiger partial charge in [0.15, 0.2) is 17.5 Å². The number of nitrogens with one attached hydrogen (secondary N) is 2. The Morgan fingerprint density at radius 3 is 2.32 bits per heavy atom. The van der Waals surface area contributed by atoms with Gasteiger partial charge in [0, 0.05) is 34.2 Å². The normalized spacial score (nSPS) is 11.6. The van der Waals surface area contributed by atoms with Crippen molar-refractivity contribution in [1.29, 1.82) is 0 Å². The highest BCUT2D eigenvalue weighted by atomic mass is 127. The van der Waals surface area contributed by atoms with E-state index < -0.39 is 10.0 Å². The lowest BCUT2D eigenvalue weighted by Crippen LogP contribution is -2.38. The minimum Gasteiger partial charge on any atom is -0.493 e. The lowest BCUT2D eigenvalue weighted by Gasteiger charge is -2.17. The molecule has 0 aliphatic rings. The Hall–Kier alpha value is -2.05. The molecule has 0 aliphatic heterocycles. The van der Waals surface area contributed by atoms with Gasteiger partial charge in [0.05, 0.1) is 19.1 Å². The molecule has 0 aromatic heterocycles. The van der Waals surface area contributed by atoms with E-state index in [1.165, 1.54) is 18.4 Å². The van der Waals surface area contributed by atoms with Crippen molar-refractivity contribution in [2.45, 2.75) is 17.9 Å². The first-order valence-electron chi connectivity index (χ1n) is 9.49. The van der Waals surface area contributed by atoms with Crippen molar-refractivity contribution in [3.8, 4) is 11.5 Å². The summed E-state index contributed by atoms with van der Waals surface area (Å²) in [5.74, 6) is 1.97. The van der Waals surface area contributed by atoms with Crippen molar-refractivity contribution in [1.82, 2.24) is 14.9 Å². The van der Waals surface area contributed by atoms with E-state index in [0.29, 0.717) is 36.1 Å². The molecule has 0 spiro atoms. The highest BCUT2D eigenvalue weighted by Gasteiger charge is 2.20. The molecule has 2 N–H and O–H groups in total. The summed E-state index contributed by atoms with van der Waals surface area (Å²) in [4.78, 5) is 4.49. The molecule has 0 saturated carbocycles. The Kier molecular flexibility index (Phi) is 11.1. The number of sulfonamides is 1. The third-order valence-corrected chi connectivity index (χ3v) is 6.47. The second-order valence-electron chi connectivity index (χ2n) is 6.69. The number of aliphatic imine (C=N–C) groups is 1. The van der Waals surface area contributed by atoms with Gasteiger partial charge >= 0.3 is 0 Å². The average molecular weight is 562 g/mol. The third-order valence-electron chi connectivity index (χ3n) is 4.56. The zero-order chi connectivity index (χ0) is 22.1. The van der Waals surface area contributed by atoms with Crippen molar-refractivity contribution in [3.05, 3.63) is 53.6 Å². The zero-order valence-corrected chi connectivity index (χ0v) is 21.7. The van der Waals surface area contributed by atoms with E-state index in [4.69, 9.17) is 9.47 Å². The van der Waals surface area contributed by atoms with Gasteiger partial charge in [-0.2, -0.15) is 0 Å².